The molecule has 3 unspecified atom stereocenters. The number of rotatable bonds is 3. The summed E-state index contributed by atoms with van der Waals surface area (Å²) in [5, 5.41) is 3.56. The van der Waals surface area contributed by atoms with Crippen molar-refractivity contribution < 1.29 is 4.79 Å². The van der Waals surface area contributed by atoms with Crippen LogP contribution in [0.1, 0.15) is 56.1 Å². The molecule has 0 aliphatic heterocycles. The number of hydrogen-bond donors (Lipinski definition) is 1. The Labute approximate surface area is 126 Å². The maximum atomic E-state index is 12.4. The number of nitrogens with one attached hydrogen (secondary N) is 1. The Bertz CT molecular complexity index is 489. The van der Waals surface area contributed by atoms with Crippen LogP contribution in [0.2, 0.25) is 5.15 Å². The summed E-state index contributed by atoms with van der Waals surface area (Å²) in [7, 11) is 0. The van der Waals surface area contributed by atoms with Crippen LogP contribution in [0.4, 0.5) is 0 Å². The Morgan fingerprint density at radius 1 is 1.40 bits per heavy atom. The van der Waals surface area contributed by atoms with Gasteiger partial charge < -0.3 is 5.32 Å². The minimum atomic E-state index is -0.0325. The first-order valence-electron chi connectivity index (χ1n) is 7.48. The minimum absolute atomic E-state index is 0.0325. The molecule has 1 aromatic heterocycles. The normalized spacial score (nSPS) is 26.3. The Hall–Kier alpha value is -1.09. The van der Waals surface area contributed by atoms with Gasteiger partial charge in [-0.1, -0.05) is 45.2 Å². The zero-order chi connectivity index (χ0) is 14.7. The maximum Gasteiger partial charge on any atom is 0.251 e. The van der Waals surface area contributed by atoms with Crippen molar-refractivity contribution in [1.29, 1.82) is 0 Å². The lowest BCUT2D eigenvalue weighted by atomic mass is 9.78. The summed E-state index contributed by atoms with van der Waals surface area (Å²) in [6.07, 6.45) is 4.29. The maximum absolute atomic E-state index is 12.4. The predicted octanol–water partition coefficient (Wildman–Crippen LogP) is 3.85. The molecule has 1 aliphatic rings. The van der Waals surface area contributed by atoms with Crippen LogP contribution < -0.4 is 5.32 Å². The van der Waals surface area contributed by atoms with Gasteiger partial charge in [0.15, 0.2) is 0 Å². The number of carbonyl (C=O) groups is 1. The van der Waals surface area contributed by atoms with E-state index in [9.17, 15) is 4.79 Å². The highest BCUT2D eigenvalue weighted by Gasteiger charge is 2.28. The smallest absolute Gasteiger partial charge is 0.251 e. The third-order valence-electron chi connectivity index (χ3n) is 4.49. The number of aryl methyl sites for hydroxylation is 1. The number of pyridine rings is 1. The highest BCUT2D eigenvalue weighted by atomic mass is 35.5. The molecule has 4 heteroatoms. The quantitative estimate of drug-likeness (QED) is 0.860. The van der Waals surface area contributed by atoms with Crippen molar-refractivity contribution in [3.8, 4) is 0 Å². The number of carbonyl (C=O) groups excluding carboxylic acids is 1. The minimum Gasteiger partial charge on any atom is -0.349 e. The van der Waals surface area contributed by atoms with E-state index in [0.29, 0.717) is 22.6 Å². The summed E-state index contributed by atoms with van der Waals surface area (Å²) in [4.78, 5) is 16.6. The van der Waals surface area contributed by atoms with Gasteiger partial charge in [-0.05, 0) is 36.8 Å². The van der Waals surface area contributed by atoms with Gasteiger partial charge in [-0.2, -0.15) is 0 Å². The van der Waals surface area contributed by atoms with Gasteiger partial charge in [0.2, 0.25) is 0 Å². The molecule has 1 heterocycles. The standard InChI is InChI=1S/C16H23ClN2O/c1-4-13-8-12(9-15(17)18-13)16(20)19-14-7-5-6-10(2)11(14)3/h8-11,14H,4-7H2,1-3H3,(H,19,20). The van der Waals surface area contributed by atoms with E-state index in [2.05, 4.69) is 24.1 Å². The van der Waals surface area contributed by atoms with Crippen molar-refractivity contribution in [3.05, 3.63) is 28.5 Å². The molecular formula is C16H23ClN2O. The van der Waals surface area contributed by atoms with E-state index in [-0.39, 0.29) is 11.9 Å². The molecular weight excluding hydrogens is 272 g/mol. The van der Waals surface area contributed by atoms with Gasteiger partial charge in [0.25, 0.3) is 5.91 Å². The Kier molecular flexibility index (Phi) is 5.03. The lowest BCUT2D eigenvalue weighted by Gasteiger charge is -2.34. The van der Waals surface area contributed by atoms with E-state index in [1.165, 1.54) is 12.8 Å². The lowest BCUT2D eigenvalue weighted by molar-refractivity contribution is 0.0891. The summed E-state index contributed by atoms with van der Waals surface area (Å²) < 4.78 is 0. The summed E-state index contributed by atoms with van der Waals surface area (Å²) in [5.74, 6) is 1.16. The Morgan fingerprint density at radius 2 is 2.15 bits per heavy atom. The molecule has 1 amide bonds. The van der Waals surface area contributed by atoms with Crippen molar-refractivity contribution in [2.24, 2.45) is 11.8 Å². The molecule has 1 aliphatic carbocycles. The molecule has 0 bridgehead atoms. The fraction of sp³-hybridized carbons (Fsp3) is 0.625. The molecule has 20 heavy (non-hydrogen) atoms. The summed E-state index contributed by atoms with van der Waals surface area (Å²) in [6.45, 7) is 6.50. The lowest BCUT2D eigenvalue weighted by Crippen LogP contribution is -2.43. The molecule has 3 atom stereocenters. The van der Waals surface area contributed by atoms with E-state index in [1.807, 2.05) is 13.0 Å². The molecule has 0 aromatic carbocycles. The van der Waals surface area contributed by atoms with Crippen LogP contribution in [0, 0.1) is 11.8 Å². The van der Waals surface area contributed by atoms with Crippen LogP contribution in [0.25, 0.3) is 0 Å². The molecule has 110 valence electrons. The zero-order valence-electron chi connectivity index (χ0n) is 12.4. The largest absolute Gasteiger partial charge is 0.349 e. The number of halogens is 1. The Balaban J connectivity index is 2.09. The first kappa shape index (κ1) is 15.3. The molecule has 1 aromatic rings. The molecule has 0 radical (unpaired) electrons. The van der Waals surface area contributed by atoms with Crippen LogP contribution in [-0.2, 0) is 6.42 Å². The second kappa shape index (κ2) is 6.57. The van der Waals surface area contributed by atoms with Crippen molar-refractivity contribution >= 4 is 17.5 Å². The van der Waals surface area contributed by atoms with Crippen LogP contribution in [0.5, 0.6) is 0 Å². The molecule has 1 saturated carbocycles. The van der Waals surface area contributed by atoms with E-state index in [1.54, 1.807) is 6.07 Å². The molecule has 0 saturated heterocycles. The summed E-state index contributed by atoms with van der Waals surface area (Å²) in [6, 6.07) is 3.74. The van der Waals surface area contributed by atoms with Gasteiger partial charge in [0.1, 0.15) is 5.15 Å². The summed E-state index contributed by atoms with van der Waals surface area (Å²) in [5.41, 5.74) is 1.47. The van der Waals surface area contributed by atoms with Crippen LogP contribution in [0.15, 0.2) is 12.1 Å². The third kappa shape index (κ3) is 3.51. The van der Waals surface area contributed by atoms with E-state index >= 15 is 0 Å². The van der Waals surface area contributed by atoms with Gasteiger partial charge in [0, 0.05) is 17.3 Å². The highest BCUT2D eigenvalue weighted by molar-refractivity contribution is 6.29. The fourth-order valence-electron chi connectivity index (χ4n) is 2.90. The monoisotopic (exact) mass is 294 g/mol. The average molecular weight is 295 g/mol. The number of nitrogens with zero attached hydrogens (tertiary/aromatic N) is 1. The van der Waals surface area contributed by atoms with Gasteiger partial charge in [-0.15, -0.1) is 0 Å². The second-order valence-electron chi connectivity index (χ2n) is 5.87. The third-order valence-corrected chi connectivity index (χ3v) is 4.69. The predicted molar refractivity (Wildman–Crippen MR) is 82.1 cm³/mol. The van der Waals surface area contributed by atoms with Crippen molar-refractivity contribution in [2.75, 3.05) is 0 Å². The van der Waals surface area contributed by atoms with Gasteiger partial charge in [-0.25, -0.2) is 4.98 Å². The molecule has 1 fully saturated rings. The average Bonchev–Trinajstić information content (AvgIpc) is 2.43. The topological polar surface area (TPSA) is 42.0 Å². The van der Waals surface area contributed by atoms with E-state index in [0.717, 1.165) is 18.5 Å². The van der Waals surface area contributed by atoms with Crippen molar-refractivity contribution in [3.63, 3.8) is 0 Å². The zero-order valence-corrected chi connectivity index (χ0v) is 13.2. The first-order chi connectivity index (χ1) is 9.51. The van der Waals surface area contributed by atoms with Gasteiger partial charge in [-0.3, -0.25) is 4.79 Å². The molecule has 2 rings (SSSR count). The molecule has 3 nitrogen and oxygen atoms in total. The van der Waals surface area contributed by atoms with E-state index < -0.39 is 0 Å². The van der Waals surface area contributed by atoms with Crippen LogP contribution >= 0.6 is 11.6 Å². The summed E-state index contributed by atoms with van der Waals surface area (Å²) >= 11 is 5.98. The Morgan fingerprint density at radius 3 is 2.85 bits per heavy atom. The second-order valence-corrected chi connectivity index (χ2v) is 6.26. The number of hydrogen-bond acceptors (Lipinski definition) is 2. The highest BCUT2D eigenvalue weighted by Crippen LogP contribution is 2.29. The van der Waals surface area contributed by atoms with Gasteiger partial charge in [0.05, 0.1) is 0 Å². The molecule has 0 spiro atoms. The fourth-order valence-corrected chi connectivity index (χ4v) is 3.13. The van der Waals surface area contributed by atoms with Crippen molar-refractivity contribution in [1.82, 2.24) is 10.3 Å². The van der Waals surface area contributed by atoms with Crippen LogP contribution in [0.3, 0.4) is 0 Å². The van der Waals surface area contributed by atoms with E-state index in [4.69, 9.17) is 11.6 Å². The van der Waals surface area contributed by atoms with Gasteiger partial charge >= 0.3 is 0 Å². The number of amides is 1. The van der Waals surface area contributed by atoms with Crippen LogP contribution in [-0.4, -0.2) is 16.9 Å². The van der Waals surface area contributed by atoms with Crippen molar-refractivity contribution in [2.45, 2.75) is 52.5 Å². The molecule has 1 N–H and O–H groups in total. The number of aromatic nitrogens is 1. The SMILES string of the molecule is CCc1cc(C(=O)NC2CCCC(C)C2C)cc(Cl)n1. The first-order valence-corrected chi connectivity index (χ1v) is 7.86.